The van der Waals surface area contributed by atoms with Crippen molar-refractivity contribution in [1.82, 2.24) is 0 Å². The van der Waals surface area contributed by atoms with Gasteiger partial charge in [0.1, 0.15) is 5.75 Å². The monoisotopic (exact) mass is 270 g/mol. The van der Waals surface area contributed by atoms with Crippen LogP contribution in [0.5, 0.6) is 5.75 Å². The number of aliphatic hydroxyl groups is 1. The Labute approximate surface area is 121 Å². The Balaban J connectivity index is 2.63. The van der Waals surface area contributed by atoms with Gasteiger partial charge < -0.3 is 9.84 Å². The van der Waals surface area contributed by atoms with Crippen molar-refractivity contribution in [2.24, 2.45) is 0 Å². The van der Waals surface area contributed by atoms with Crippen LogP contribution in [0.3, 0.4) is 0 Å². The van der Waals surface area contributed by atoms with Crippen LogP contribution in [0.25, 0.3) is 11.1 Å². The molecule has 0 radical (unpaired) electrons. The predicted molar refractivity (Wildman–Crippen MR) is 83.0 cm³/mol. The van der Waals surface area contributed by atoms with E-state index < -0.39 is 0 Å². The van der Waals surface area contributed by atoms with Crippen LogP contribution in [0.15, 0.2) is 36.4 Å². The van der Waals surface area contributed by atoms with Crippen molar-refractivity contribution < 1.29 is 9.84 Å². The number of hydrogen-bond acceptors (Lipinski definition) is 2. The molecule has 2 nitrogen and oxygen atoms in total. The molecular weight excluding hydrogens is 248 g/mol. The topological polar surface area (TPSA) is 29.5 Å². The second-order valence-corrected chi connectivity index (χ2v) is 5.42. The number of hydrogen-bond donors (Lipinski definition) is 1. The van der Waals surface area contributed by atoms with Crippen LogP contribution in [-0.4, -0.2) is 11.2 Å². The smallest absolute Gasteiger partial charge is 0.127 e. The minimum Gasteiger partial charge on any atom is -0.490 e. The van der Waals surface area contributed by atoms with Gasteiger partial charge in [-0.15, -0.1) is 0 Å². The molecule has 106 valence electrons. The van der Waals surface area contributed by atoms with Crippen LogP contribution in [0.4, 0.5) is 0 Å². The zero-order valence-electron chi connectivity index (χ0n) is 12.6. The largest absolute Gasteiger partial charge is 0.490 e. The summed E-state index contributed by atoms with van der Waals surface area (Å²) in [5.74, 6) is 0.870. The van der Waals surface area contributed by atoms with Gasteiger partial charge in [0.25, 0.3) is 0 Å². The highest BCUT2D eigenvalue weighted by Gasteiger charge is 2.13. The first-order valence-corrected chi connectivity index (χ1v) is 7.00. The minimum absolute atomic E-state index is 0.0416. The fourth-order valence-electron chi connectivity index (χ4n) is 2.47. The first kappa shape index (κ1) is 14.6. The maximum absolute atomic E-state index is 9.38. The number of aryl methyl sites for hydroxylation is 2. The van der Waals surface area contributed by atoms with Gasteiger partial charge in [-0.2, -0.15) is 0 Å². The number of rotatable bonds is 4. The fourth-order valence-corrected chi connectivity index (χ4v) is 2.47. The normalized spacial score (nSPS) is 10.9. The van der Waals surface area contributed by atoms with Crippen LogP contribution in [0, 0.1) is 13.8 Å². The van der Waals surface area contributed by atoms with Gasteiger partial charge in [-0.3, -0.25) is 0 Å². The summed E-state index contributed by atoms with van der Waals surface area (Å²) in [4.78, 5) is 0. The van der Waals surface area contributed by atoms with Gasteiger partial charge >= 0.3 is 0 Å². The third kappa shape index (κ3) is 3.02. The van der Waals surface area contributed by atoms with Crippen LogP contribution < -0.4 is 4.74 Å². The molecule has 0 unspecified atom stereocenters. The summed E-state index contributed by atoms with van der Waals surface area (Å²) in [7, 11) is 0. The van der Waals surface area contributed by atoms with Gasteiger partial charge in [-0.1, -0.05) is 24.3 Å². The van der Waals surface area contributed by atoms with E-state index in [4.69, 9.17) is 4.74 Å². The molecule has 20 heavy (non-hydrogen) atoms. The van der Waals surface area contributed by atoms with E-state index in [9.17, 15) is 5.11 Å². The molecule has 0 aromatic heterocycles. The quantitative estimate of drug-likeness (QED) is 0.900. The molecule has 2 aromatic rings. The van der Waals surface area contributed by atoms with E-state index in [0.29, 0.717) is 0 Å². The van der Waals surface area contributed by atoms with E-state index >= 15 is 0 Å². The maximum atomic E-state index is 9.38. The molecular formula is C18H22O2. The van der Waals surface area contributed by atoms with E-state index in [1.807, 2.05) is 32.0 Å². The van der Waals surface area contributed by atoms with Crippen LogP contribution in [0.2, 0.25) is 0 Å². The number of benzene rings is 2. The Morgan fingerprint density at radius 3 is 2.25 bits per heavy atom. The number of ether oxygens (including phenoxy) is 1. The summed E-state index contributed by atoms with van der Waals surface area (Å²) in [5, 5.41) is 9.38. The Hall–Kier alpha value is -1.80. The van der Waals surface area contributed by atoms with Crippen molar-refractivity contribution in [3.8, 4) is 16.9 Å². The van der Waals surface area contributed by atoms with Crippen molar-refractivity contribution in [3.63, 3.8) is 0 Å². The van der Waals surface area contributed by atoms with E-state index in [0.717, 1.165) is 16.9 Å². The number of aliphatic hydroxyl groups excluding tert-OH is 1. The van der Waals surface area contributed by atoms with Crippen molar-refractivity contribution in [2.45, 2.75) is 40.4 Å². The standard InChI is InChI=1S/C18H22O2/c1-12(2)20-17-9-8-15(11-19)10-16(17)18-13(3)6-5-7-14(18)4/h5-10,12,19H,11H2,1-4H3. The van der Waals surface area contributed by atoms with E-state index in [1.165, 1.54) is 16.7 Å². The molecule has 0 fully saturated rings. The third-order valence-corrected chi connectivity index (χ3v) is 3.34. The highest BCUT2D eigenvalue weighted by Crippen LogP contribution is 2.36. The molecule has 0 saturated carbocycles. The molecule has 2 heteroatoms. The van der Waals surface area contributed by atoms with Crippen molar-refractivity contribution in [2.75, 3.05) is 0 Å². The molecule has 2 aromatic carbocycles. The minimum atomic E-state index is 0.0416. The molecule has 0 bridgehead atoms. The third-order valence-electron chi connectivity index (χ3n) is 3.34. The second-order valence-electron chi connectivity index (χ2n) is 5.42. The lowest BCUT2D eigenvalue weighted by molar-refractivity contribution is 0.243. The molecule has 0 aliphatic rings. The lowest BCUT2D eigenvalue weighted by atomic mass is 9.94. The van der Waals surface area contributed by atoms with Crippen molar-refractivity contribution in [3.05, 3.63) is 53.1 Å². The van der Waals surface area contributed by atoms with Gasteiger partial charge in [0.15, 0.2) is 0 Å². The average Bonchev–Trinajstić information content (AvgIpc) is 2.39. The van der Waals surface area contributed by atoms with E-state index in [1.54, 1.807) is 0 Å². The molecule has 0 heterocycles. The first-order chi connectivity index (χ1) is 9.52. The summed E-state index contributed by atoms with van der Waals surface area (Å²) in [6.45, 7) is 8.29. The second kappa shape index (κ2) is 6.10. The zero-order valence-corrected chi connectivity index (χ0v) is 12.6. The molecule has 0 saturated heterocycles. The maximum Gasteiger partial charge on any atom is 0.127 e. The summed E-state index contributed by atoms with van der Waals surface area (Å²) < 4.78 is 5.93. The lowest BCUT2D eigenvalue weighted by Crippen LogP contribution is -2.07. The highest BCUT2D eigenvalue weighted by molar-refractivity contribution is 5.76. The summed E-state index contributed by atoms with van der Waals surface area (Å²) in [5.41, 5.74) is 5.58. The Kier molecular flexibility index (Phi) is 4.46. The lowest BCUT2D eigenvalue weighted by Gasteiger charge is -2.18. The average molecular weight is 270 g/mol. The molecule has 2 rings (SSSR count). The van der Waals surface area contributed by atoms with Gasteiger partial charge in [-0.05, 0) is 62.1 Å². The van der Waals surface area contributed by atoms with Gasteiger partial charge in [0, 0.05) is 5.56 Å². The van der Waals surface area contributed by atoms with Gasteiger partial charge in [0.2, 0.25) is 0 Å². The molecule has 1 N–H and O–H groups in total. The summed E-state index contributed by atoms with van der Waals surface area (Å²) >= 11 is 0. The predicted octanol–water partition coefficient (Wildman–Crippen LogP) is 4.25. The Morgan fingerprint density at radius 2 is 1.70 bits per heavy atom. The highest BCUT2D eigenvalue weighted by atomic mass is 16.5. The van der Waals surface area contributed by atoms with Crippen LogP contribution in [-0.2, 0) is 6.61 Å². The zero-order chi connectivity index (χ0) is 14.7. The van der Waals surface area contributed by atoms with Crippen LogP contribution in [0.1, 0.15) is 30.5 Å². The van der Waals surface area contributed by atoms with E-state index in [-0.39, 0.29) is 12.7 Å². The molecule has 0 aliphatic heterocycles. The summed E-state index contributed by atoms with van der Waals surface area (Å²) in [6, 6.07) is 12.2. The molecule has 0 aliphatic carbocycles. The van der Waals surface area contributed by atoms with Gasteiger partial charge in [-0.25, -0.2) is 0 Å². The molecule has 0 spiro atoms. The molecule has 0 amide bonds. The van der Waals surface area contributed by atoms with Crippen LogP contribution >= 0.6 is 0 Å². The van der Waals surface area contributed by atoms with Crippen molar-refractivity contribution in [1.29, 1.82) is 0 Å². The Morgan fingerprint density at radius 1 is 1.05 bits per heavy atom. The molecule has 0 atom stereocenters. The van der Waals surface area contributed by atoms with Gasteiger partial charge in [0.05, 0.1) is 12.7 Å². The van der Waals surface area contributed by atoms with E-state index in [2.05, 4.69) is 32.0 Å². The fraction of sp³-hybridized carbons (Fsp3) is 0.333. The van der Waals surface area contributed by atoms with Crippen molar-refractivity contribution >= 4 is 0 Å². The Bertz CT molecular complexity index is 580. The summed E-state index contributed by atoms with van der Waals surface area (Å²) in [6.07, 6.45) is 0.123. The SMILES string of the molecule is Cc1cccc(C)c1-c1cc(CO)ccc1OC(C)C. The first-order valence-electron chi connectivity index (χ1n) is 7.00.